The van der Waals surface area contributed by atoms with Crippen molar-refractivity contribution in [3.63, 3.8) is 0 Å². The van der Waals surface area contributed by atoms with Crippen molar-refractivity contribution in [1.82, 2.24) is 0 Å². The average molecular weight is 352 g/mol. The molecule has 0 bridgehead atoms. The molecule has 1 aliphatic carbocycles. The van der Waals surface area contributed by atoms with Gasteiger partial charge in [0.1, 0.15) is 5.76 Å². The normalized spacial score (nSPS) is 16.5. The van der Waals surface area contributed by atoms with E-state index in [9.17, 15) is 0 Å². The van der Waals surface area contributed by atoms with Gasteiger partial charge < -0.3 is 4.42 Å². The van der Waals surface area contributed by atoms with Crippen LogP contribution in [0.4, 0.5) is 0 Å². The van der Waals surface area contributed by atoms with Crippen LogP contribution in [0.3, 0.4) is 0 Å². The number of hydrogen-bond acceptors (Lipinski definition) is 1. The molecule has 1 unspecified atom stereocenters. The lowest BCUT2D eigenvalue weighted by Gasteiger charge is -2.19. The van der Waals surface area contributed by atoms with Crippen LogP contribution in [-0.2, 0) is 6.42 Å². The zero-order valence-corrected chi connectivity index (χ0v) is 15.4. The summed E-state index contributed by atoms with van der Waals surface area (Å²) >= 11 is 0. The molecule has 0 spiro atoms. The maximum Gasteiger partial charge on any atom is 0.104 e. The van der Waals surface area contributed by atoms with Crippen LogP contribution in [-0.4, -0.2) is 0 Å². The van der Waals surface area contributed by atoms with Gasteiger partial charge in [-0.2, -0.15) is 0 Å². The minimum absolute atomic E-state index is 0.392. The fourth-order valence-electron chi connectivity index (χ4n) is 3.72. The Morgan fingerprint density at radius 1 is 0.815 bits per heavy atom. The van der Waals surface area contributed by atoms with E-state index in [1.54, 1.807) is 6.26 Å². The maximum atomic E-state index is 5.64. The van der Waals surface area contributed by atoms with Crippen LogP contribution < -0.4 is 0 Å². The van der Waals surface area contributed by atoms with Gasteiger partial charge in [-0.05, 0) is 41.7 Å². The highest BCUT2D eigenvalue weighted by molar-refractivity contribution is 5.75. The summed E-state index contributed by atoms with van der Waals surface area (Å²) in [5.74, 6) is 1.44. The second-order valence-electron chi connectivity index (χ2n) is 6.92. The first-order valence-corrected chi connectivity index (χ1v) is 9.60. The van der Waals surface area contributed by atoms with Gasteiger partial charge in [-0.1, -0.05) is 90.5 Å². The second-order valence-corrected chi connectivity index (χ2v) is 6.92. The lowest BCUT2D eigenvalue weighted by Crippen LogP contribution is -2.07. The van der Waals surface area contributed by atoms with E-state index < -0.39 is 0 Å². The Morgan fingerprint density at radius 3 is 2.33 bits per heavy atom. The number of rotatable bonds is 7. The van der Waals surface area contributed by atoms with Gasteiger partial charge in [0.15, 0.2) is 0 Å². The molecule has 0 fully saturated rings. The van der Waals surface area contributed by atoms with E-state index in [1.165, 1.54) is 22.3 Å². The first-order valence-electron chi connectivity index (χ1n) is 9.60. The minimum atomic E-state index is 0.392. The fraction of sp³-hybridized carbons (Fsp3) is 0.154. The van der Waals surface area contributed by atoms with E-state index in [2.05, 4.69) is 91.0 Å². The Balaban J connectivity index is 1.45. The standard InChI is InChI=1S/C26H24O/c1-3-10-21(11-4-1)12-7-8-15-23-17-18-25(22-13-5-2-6-14-22)26(23)20-24-16-9-19-27-24/h1-7,9-14,16-19,26H,8,15,20H2/b12-7+. The summed E-state index contributed by atoms with van der Waals surface area (Å²) in [6, 6.07) is 25.2. The first-order chi connectivity index (χ1) is 13.4. The summed E-state index contributed by atoms with van der Waals surface area (Å²) in [7, 11) is 0. The zero-order chi connectivity index (χ0) is 18.3. The summed E-state index contributed by atoms with van der Waals surface area (Å²) in [5.41, 5.74) is 5.45. The van der Waals surface area contributed by atoms with Gasteiger partial charge in [-0.3, -0.25) is 0 Å². The molecule has 1 aliphatic rings. The molecule has 27 heavy (non-hydrogen) atoms. The van der Waals surface area contributed by atoms with E-state index in [1.807, 2.05) is 6.07 Å². The third kappa shape index (κ3) is 4.38. The van der Waals surface area contributed by atoms with Crippen LogP contribution in [0, 0.1) is 5.92 Å². The molecule has 2 aromatic carbocycles. The van der Waals surface area contributed by atoms with Crippen molar-refractivity contribution in [2.24, 2.45) is 5.92 Å². The summed E-state index contributed by atoms with van der Waals surface area (Å²) in [4.78, 5) is 0. The fourth-order valence-corrected chi connectivity index (χ4v) is 3.72. The molecule has 134 valence electrons. The van der Waals surface area contributed by atoms with Crippen LogP contribution in [0.5, 0.6) is 0 Å². The van der Waals surface area contributed by atoms with Crippen molar-refractivity contribution in [2.45, 2.75) is 19.3 Å². The molecule has 1 heteroatoms. The Labute approximate surface area is 161 Å². The van der Waals surface area contributed by atoms with Crippen LogP contribution in [0.15, 0.2) is 107 Å². The first kappa shape index (κ1) is 17.4. The molecule has 0 radical (unpaired) electrons. The highest BCUT2D eigenvalue weighted by Gasteiger charge is 2.24. The molecule has 1 aromatic heterocycles. The Hall–Kier alpha value is -3.06. The Kier molecular flexibility index (Phi) is 5.50. The van der Waals surface area contributed by atoms with E-state index >= 15 is 0 Å². The molecule has 1 atom stereocenters. The van der Waals surface area contributed by atoms with Crippen molar-refractivity contribution in [2.75, 3.05) is 0 Å². The molecule has 0 saturated carbocycles. The van der Waals surface area contributed by atoms with E-state index in [-0.39, 0.29) is 0 Å². The number of benzene rings is 2. The van der Waals surface area contributed by atoms with Crippen molar-refractivity contribution in [3.05, 3.63) is 120 Å². The minimum Gasteiger partial charge on any atom is -0.469 e. The van der Waals surface area contributed by atoms with E-state index in [0.717, 1.165) is 25.0 Å². The summed E-state index contributed by atoms with van der Waals surface area (Å²) < 4.78 is 5.64. The Morgan fingerprint density at radius 2 is 1.59 bits per heavy atom. The molecule has 0 amide bonds. The molecular weight excluding hydrogens is 328 g/mol. The molecule has 0 saturated heterocycles. The third-order valence-corrected chi connectivity index (χ3v) is 5.10. The van der Waals surface area contributed by atoms with Crippen molar-refractivity contribution < 1.29 is 4.42 Å². The largest absolute Gasteiger partial charge is 0.469 e. The molecule has 3 aromatic rings. The quantitative estimate of drug-likeness (QED) is 0.448. The van der Waals surface area contributed by atoms with Crippen molar-refractivity contribution >= 4 is 11.6 Å². The van der Waals surface area contributed by atoms with Gasteiger partial charge in [0, 0.05) is 12.3 Å². The molecule has 0 N–H and O–H groups in total. The number of furan rings is 1. The average Bonchev–Trinajstić information content (AvgIpc) is 3.37. The SMILES string of the molecule is C1=C(CC/C=C/c2ccccc2)C(Cc2ccco2)C(c2ccccc2)=C1. The lowest BCUT2D eigenvalue weighted by atomic mass is 9.85. The van der Waals surface area contributed by atoms with Gasteiger partial charge in [-0.25, -0.2) is 0 Å². The molecule has 0 aliphatic heterocycles. The molecular formula is C26H24O. The van der Waals surface area contributed by atoms with E-state index in [4.69, 9.17) is 4.42 Å². The monoisotopic (exact) mass is 352 g/mol. The predicted molar refractivity (Wildman–Crippen MR) is 113 cm³/mol. The van der Waals surface area contributed by atoms with Crippen LogP contribution in [0.25, 0.3) is 11.6 Å². The summed E-state index contributed by atoms with van der Waals surface area (Å²) in [5, 5.41) is 0. The van der Waals surface area contributed by atoms with Gasteiger partial charge in [0.2, 0.25) is 0 Å². The number of allylic oxidation sites excluding steroid dienone is 5. The summed E-state index contributed by atoms with van der Waals surface area (Å²) in [6.45, 7) is 0. The van der Waals surface area contributed by atoms with Crippen LogP contribution >= 0.6 is 0 Å². The number of hydrogen-bond donors (Lipinski definition) is 0. The van der Waals surface area contributed by atoms with Gasteiger partial charge in [0.05, 0.1) is 6.26 Å². The van der Waals surface area contributed by atoms with Crippen LogP contribution in [0.1, 0.15) is 29.7 Å². The highest BCUT2D eigenvalue weighted by atomic mass is 16.3. The van der Waals surface area contributed by atoms with Gasteiger partial charge >= 0.3 is 0 Å². The lowest BCUT2D eigenvalue weighted by molar-refractivity contribution is 0.492. The topological polar surface area (TPSA) is 13.1 Å². The zero-order valence-electron chi connectivity index (χ0n) is 15.4. The molecule has 1 heterocycles. The smallest absolute Gasteiger partial charge is 0.104 e. The molecule has 4 rings (SSSR count). The van der Waals surface area contributed by atoms with Gasteiger partial charge in [-0.15, -0.1) is 0 Å². The van der Waals surface area contributed by atoms with Crippen molar-refractivity contribution in [3.8, 4) is 0 Å². The van der Waals surface area contributed by atoms with Crippen molar-refractivity contribution in [1.29, 1.82) is 0 Å². The predicted octanol–water partition coefficient (Wildman–Crippen LogP) is 6.96. The highest BCUT2D eigenvalue weighted by Crippen LogP contribution is 2.38. The van der Waals surface area contributed by atoms with E-state index in [0.29, 0.717) is 5.92 Å². The maximum absolute atomic E-state index is 5.64. The summed E-state index contributed by atoms with van der Waals surface area (Å²) in [6.07, 6.45) is 13.9. The van der Waals surface area contributed by atoms with Gasteiger partial charge in [0.25, 0.3) is 0 Å². The second kappa shape index (κ2) is 8.55. The third-order valence-electron chi connectivity index (χ3n) is 5.10. The molecule has 1 nitrogen and oxygen atoms in total. The Bertz CT molecular complexity index is 928. The van der Waals surface area contributed by atoms with Crippen LogP contribution in [0.2, 0.25) is 0 Å².